The van der Waals surface area contributed by atoms with Crippen molar-refractivity contribution < 1.29 is 28.7 Å². The molecule has 0 spiro atoms. The fraction of sp³-hybridized carbons (Fsp3) is 0.579. The van der Waals surface area contributed by atoms with Crippen molar-refractivity contribution in [2.45, 2.75) is 51.6 Å². The fourth-order valence-electron chi connectivity index (χ4n) is 2.72. The Morgan fingerprint density at radius 3 is 2.15 bits per heavy atom. The van der Waals surface area contributed by atoms with Gasteiger partial charge >= 0.3 is 21.2 Å². The van der Waals surface area contributed by atoms with Crippen molar-refractivity contribution in [2.24, 2.45) is 0 Å². The minimum Gasteiger partial charge on any atom is -0.481 e. The van der Waals surface area contributed by atoms with Gasteiger partial charge in [-0.1, -0.05) is 32.0 Å². The van der Waals surface area contributed by atoms with Crippen LogP contribution in [0.25, 0.3) is 0 Å². The summed E-state index contributed by atoms with van der Waals surface area (Å²) in [7, 11) is -1.80. The highest BCUT2D eigenvalue weighted by Gasteiger charge is 2.28. The van der Waals surface area contributed by atoms with Crippen LogP contribution < -0.4 is 4.90 Å². The summed E-state index contributed by atoms with van der Waals surface area (Å²) >= 11 is 0. The maximum atomic E-state index is 11.7. The lowest BCUT2D eigenvalue weighted by Crippen LogP contribution is -2.43. The standard InChI is InChI=1S/C19H31NO6Si/c1-3-12-25-27(26-13-4-2)14-8-11-20(16-9-6-5-7-10-16)17(19(23)24)15-18(21)22/h5-7,9-10,17,27H,3-4,8,11-15H2,1-2H3,(H,21,22)(H,23,24)/t17-/m0/s1. The van der Waals surface area contributed by atoms with Crippen LogP contribution in [0.2, 0.25) is 6.04 Å². The largest absolute Gasteiger partial charge is 0.481 e. The van der Waals surface area contributed by atoms with E-state index in [1.165, 1.54) is 0 Å². The molecule has 0 amide bonds. The number of aliphatic carboxylic acids is 2. The van der Waals surface area contributed by atoms with E-state index in [0.717, 1.165) is 18.9 Å². The molecule has 0 bridgehead atoms. The van der Waals surface area contributed by atoms with Gasteiger partial charge < -0.3 is 24.0 Å². The van der Waals surface area contributed by atoms with E-state index in [4.69, 9.17) is 14.0 Å². The number of hydrogen-bond donors (Lipinski definition) is 2. The molecule has 0 heterocycles. The third-order valence-electron chi connectivity index (χ3n) is 3.97. The SMILES string of the molecule is CCCO[SiH](CCCN(c1ccccc1)[C@@H](CC(=O)O)C(=O)O)OCCC. The van der Waals surface area contributed by atoms with E-state index >= 15 is 0 Å². The van der Waals surface area contributed by atoms with Gasteiger partial charge in [0, 0.05) is 25.4 Å². The highest BCUT2D eigenvalue weighted by molar-refractivity contribution is 6.44. The van der Waals surface area contributed by atoms with E-state index in [9.17, 15) is 14.7 Å². The molecule has 0 radical (unpaired) electrons. The monoisotopic (exact) mass is 397 g/mol. The first-order valence-electron chi connectivity index (χ1n) is 9.49. The van der Waals surface area contributed by atoms with Crippen LogP contribution in [0.4, 0.5) is 5.69 Å². The summed E-state index contributed by atoms with van der Waals surface area (Å²) in [5.41, 5.74) is 0.702. The zero-order chi connectivity index (χ0) is 20.1. The van der Waals surface area contributed by atoms with Crippen LogP contribution in [-0.2, 0) is 18.4 Å². The van der Waals surface area contributed by atoms with Crippen molar-refractivity contribution >= 4 is 26.9 Å². The lowest BCUT2D eigenvalue weighted by atomic mass is 10.1. The van der Waals surface area contributed by atoms with Gasteiger partial charge in [-0.15, -0.1) is 0 Å². The topological polar surface area (TPSA) is 96.3 Å². The number of carbonyl (C=O) groups is 2. The highest BCUT2D eigenvalue weighted by atomic mass is 28.3. The molecule has 0 saturated carbocycles. The molecule has 1 rings (SSSR count). The zero-order valence-corrected chi connectivity index (χ0v) is 17.3. The van der Waals surface area contributed by atoms with Gasteiger partial charge in [-0.25, -0.2) is 4.79 Å². The molecule has 0 saturated heterocycles. The van der Waals surface area contributed by atoms with Gasteiger partial charge in [0.1, 0.15) is 6.04 Å². The van der Waals surface area contributed by atoms with Crippen LogP contribution in [0.1, 0.15) is 39.5 Å². The van der Waals surface area contributed by atoms with E-state index in [1.807, 2.05) is 32.0 Å². The Labute approximate surface area is 162 Å². The van der Waals surface area contributed by atoms with Crippen LogP contribution in [0, 0.1) is 0 Å². The second-order valence-corrected chi connectivity index (χ2v) is 8.40. The number of para-hydroxylation sites is 1. The smallest absolute Gasteiger partial charge is 0.326 e. The zero-order valence-electron chi connectivity index (χ0n) is 16.2. The normalized spacial score (nSPS) is 12.1. The minimum absolute atomic E-state index is 0.433. The van der Waals surface area contributed by atoms with Gasteiger partial charge in [-0.2, -0.15) is 0 Å². The summed E-state index contributed by atoms with van der Waals surface area (Å²) in [5.74, 6) is -2.27. The number of nitrogens with zero attached hydrogens (tertiary/aromatic N) is 1. The molecule has 0 fully saturated rings. The Bertz CT molecular complexity index is 548. The van der Waals surface area contributed by atoms with Crippen molar-refractivity contribution in [1.29, 1.82) is 0 Å². The summed E-state index contributed by atoms with van der Waals surface area (Å²) in [5, 5.41) is 18.7. The quantitative estimate of drug-likeness (QED) is 0.439. The van der Waals surface area contributed by atoms with Crippen molar-refractivity contribution in [3.8, 4) is 0 Å². The van der Waals surface area contributed by atoms with Crippen LogP contribution in [0.3, 0.4) is 0 Å². The van der Waals surface area contributed by atoms with Gasteiger partial charge in [0.25, 0.3) is 0 Å². The molecule has 152 valence electrons. The molecule has 8 heteroatoms. The second-order valence-electron chi connectivity index (χ2n) is 6.29. The first-order valence-corrected chi connectivity index (χ1v) is 11.2. The van der Waals surface area contributed by atoms with Crippen molar-refractivity contribution in [3.63, 3.8) is 0 Å². The molecule has 0 aliphatic heterocycles. The third-order valence-corrected chi connectivity index (χ3v) is 6.07. The molecule has 1 aromatic carbocycles. The van der Waals surface area contributed by atoms with Crippen molar-refractivity contribution in [2.75, 3.05) is 24.7 Å². The van der Waals surface area contributed by atoms with Gasteiger partial charge in [-0.3, -0.25) is 4.79 Å². The second kappa shape index (κ2) is 13.3. The average Bonchev–Trinajstić information content (AvgIpc) is 2.65. The Kier molecular flexibility index (Phi) is 11.4. The molecular formula is C19H31NO6Si. The Hall–Kier alpha value is -1.90. The van der Waals surface area contributed by atoms with E-state index in [0.29, 0.717) is 31.9 Å². The summed E-state index contributed by atoms with van der Waals surface area (Å²) in [6, 6.07) is 8.71. The lowest BCUT2D eigenvalue weighted by molar-refractivity contribution is -0.145. The van der Waals surface area contributed by atoms with Crippen molar-refractivity contribution in [3.05, 3.63) is 30.3 Å². The Morgan fingerprint density at radius 1 is 1.07 bits per heavy atom. The number of carboxylic acid groups (broad SMARTS) is 2. The molecule has 1 atom stereocenters. The van der Waals surface area contributed by atoms with E-state index in [1.54, 1.807) is 17.0 Å². The molecule has 7 nitrogen and oxygen atoms in total. The summed E-state index contributed by atoms with van der Waals surface area (Å²) < 4.78 is 11.7. The Balaban J connectivity index is 2.81. The van der Waals surface area contributed by atoms with Crippen LogP contribution in [0.15, 0.2) is 30.3 Å². The Morgan fingerprint density at radius 2 is 1.67 bits per heavy atom. The first-order chi connectivity index (χ1) is 13.0. The third kappa shape index (κ3) is 9.03. The molecule has 1 aromatic rings. The molecule has 0 unspecified atom stereocenters. The number of anilines is 1. The lowest BCUT2D eigenvalue weighted by Gasteiger charge is -2.30. The highest BCUT2D eigenvalue weighted by Crippen LogP contribution is 2.20. The van der Waals surface area contributed by atoms with Gasteiger partial charge in [0.2, 0.25) is 0 Å². The maximum Gasteiger partial charge on any atom is 0.326 e. The number of benzene rings is 1. The van der Waals surface area contributed by atoms with Crippen LogP contribution >= 0.6 is 0 Å². The number of carboxylic acids is 2. The summed E-state index contributed by atoms with van der Waals surface area (Å²) in [6.07, 6.45) is 2.08. The van der Waals surface area contributed by atoms with Crippen molar-refractivity contribution in [1.82, 2.24) is 0 Å². The summed E-state index contributed by atoms with van der Waals surface area (Å²) in [4.78, 5) is 24.5. The van der Waals surface area contributed by atoms with E-state index in [2.05, 4.69) is 0 Å². The molecule has 0 aliphatic carbocycles. The molecule has 0 aliphatic rings. The average molecular weight is 398 g/mol. The molecular weight excluding hydrogens is 366 g/mol. The van der Waals surface area contributed by atoms with Gasteiger partial charge in [0.05, 0.1) is 6.42 Å². The predicted molar refractivity (Wildman–Crippen MR) is 107 cm³/mol. The molecule has 27 heavy (non-hydrogen) atoms. The van der Waals surface area contributed by atoms with Gasteiger partial charge in [-0.05, 0) is 37.4 Å². The predicted octanol–water partition coefficient (Wildman–Crippen LogP) is 2.88. The van der Waals surface area contributed by atoms with E-state index in [-0.39, 0.29) is 0 Å². The van der Waals surface area contributed by atoms with E-state index < -0.39 is 33.7 Å². The molecule has 2 N–H and O–H groups in total. The maximum absolute atomic E-state index is 11.7. The molecule has 0 aromatic heterocycles. The first kappa shape index (κ1) is 23.1. The number of rotatable bonds is 15. The summed E-state index contributed by atoms with van der Waals surface area (Å²) in [6.45, 7) is 5.86. The van der Waals surface area contributed by atoms with Crippen LogP contribution in [-0.4, -0.2) is 57.2 Å². The fourth-order valence-corrected chi connectivity index (χ4v) is 4.66. The van der Waals surface area contributed by atoms with Crippen LogP contribution in [0.5, 0.6) is 0 Å². The number of hydrogen-bond acceptors (Lipinski definition) is 5. The van der Waals surface area contributed by atoms with Gasteiger partial charge in [0.15, 0.2) is 0 Å². The minimum atomic E-state index is -1.80.